The minimum Gasteiger partial charge on any atom is -0.348 e. The number of anilines is 1. The van der Waals surface area contributed by atoms with E-state index in [0.717, 1.165) is 21.7 Å². The summed E-state index contributed by atoms with van der Waals surface area (Å²) in [6, 6.07) is 12.8. The van der Waals surface area contributed by atoms with Crippen molar-refractivity contribution >= 4 is 65.4 Å². The molecule has 0 spiro atoms. The van der Waals surface area contributed by atoms with Crippen LogP contribution >= 0.6 is 50.5 Å². The first-order valence-corrected chi connectivity index (χ1v) is 13.4. The molecule has 1 aliphatic heterocycles. The molecule has 2 aromatic carbocycles. The largest absolute Gasteiger partial charge is 0.348 e. The van der Waals surface area contributed by atoms with Crippen molar-refractivity contribution in [2.75, 3.05) is 18.0 Å². The van der Waals surface area contributed by atoms with E-state index in [-0.39, 0.29) is 9.92 Å². The molecule has 1 aromatic heterocycles. The van der Waals surface area contributed by atoms with Gasteiger partial charge in [-0.15, -0.1) is 11.3 Å². The van der Waals surface area contributed by atoms with E-state index in [4.69, 9.17) is 28.2 Å². The summed E-state index contributed by atoms with van der Waals surface area (Å²) in [7, 11) is -3.49. The van der Waals surface area contributed by atoms with Crippen LogP contribution < -0.4 is 4.90 Å². The zero-order valence-corrected chi connectivity index (χ0v) is 20.6. The summed E-state index contributed by atoms with van der Waals surface area (Å²) in [5.74, 6) is 0. The van der Waals surface area contributed by atoms with E-state index < -0.39 is 15.1 Å². The second-order valence-electron chi connectivity index (χ2n) is 7.23. The van der Waals surface area contributed by atoms with Crippen LogP contribution in [0.4, 0.5) is 5.13 Å². The molecular formula is C21H19BrCl2N2O2S2. The highest BCUT2D eigenvalue weighted by Crippen LogP contribution is 2.33. The SMILES string of the molecule is O=S(=O)(c1ccc(Cl)cc1Cl)C1CCN(c2nc(Cc3cccc(Br)c3)cs2)CC1. The van der Waals surface area contributed by atoms with Crippen molar-refractivity contribution in [3.05, 3.63) is 73.6 Å². The number of thiazole rings is 1. The van der Waals surface area contributed by atoms with Crippen LogP contribution in [0.2, 0.25) is 10.0 Å². The van der Waals surface area contributed by atoms with Gasteiger partial charge in [-0.1, -0.05) is 51.3 Å². The number of halogens is 3. The van der Waals surface area contributed by atoms with E-state index in [1.54, 1.807) is 17.4 Å². The average Bonchev–Trinajstić information content (AvgIpc) is 3.16. The molecule has 0 radical (unpaired) electrons. The van der Waals surface area contributed by atoms with Gasteiger partial charge in [0.25, 0.3) is 0 Å². The summed E-state index contributed by atoms with van der Waals surface area (Å²) < 4.78 is 27.1. The fourth-order valence-corrected chi connectivity index (χ4v) is 7.46. The standard InChI is InChI=1S/C21H19BrCl2N2O2S2/c22-15-3-1-2-14(10-15)11-17-13-29-21(25-17)26-8-6-18(7-9-26)30(27,28)20-5-4-16(23)12-19(20)24/h1-5,10,12-13,18H,6-9,11H2. The van der Waals surface area contributed by atoms with Crippen molar-refractivity contribution in [2.24, 2.45) is 0 Å². The zero-order chi connectivity index (χ0) is 21.3. The maximum Gasteiger partial charge on any atom is 0.185 e. The molecule has 0 amide bonds. The summed E-state index contributed by atoms with van der Waals surface area (Å²) in [6.45, 7) is 1.30. The molecule has 0 unspecified atom stereocenters. The topological polar surface area (TPSA) is 50.3 Å². The van der Waals surface area contributed by atoms with Gasteiger partial charge >= 0.3 is 0 Å². The zero-order valence-electron chi connectivity index (χ0n) is 15.9. The van der Waals surface area contributed by atoms with Crippen molar-refractivity contribution in [2.45, 2.75) is 29.4 Å². The highest BCUT2D eigenvalue weighted by Gasteiger charge is 2.33. The summed E-state index contributed by atoms with van der Waals surface area (Å²) in [5, 5.41) is 3.18. The van der Waals surface area contributed by atoms with Crippen LogP contribution in [0.5, 0.6) is 0 Å². The number of aromatic nitrogens is 1. The van der Waals surface area contributed by atoms with Crippen molar-refractivity contribution in [3.63, 3.8) is 0 Å². The predicted molar refractivity (Wildman–Crippen MR) is 128 cm³/mol. The molecule has 1 aliphatic rings. The second kappa shape index (κ2) is 9.17. The fraction of sp³-hybridized carbons (Fsp3) is 0.286. The van der Waals surface area contributed by atoms with Crippen molar-refractivity contribution < 1.29 is 8.42 Å². The van der Waals surface area contributed by atoms with E-state index in [2.05, 4.69) is 38.3 Å². The minimum atomic E-state index is -3.49. The van der Waals surface area contributed by atoms with E-state index in [1.807, 2.05) is 12.1 Å². The third-order valence-electron chi connectivity index (χ3n) is 5.17. The first-order valence-electron chi connectivity index (χ1n) is 9.45. The van der Waals surface area contributed by atoms with Crippen molar-refractivity contribution in [1.29, 1.82) is 0 Å². The Labute approximate surface area is 198 Å². The lowest BCUT2D eigenvalue weighted by atomic mass is 10.1. The molecule has 0 bridgehead atoms. The van der Waals surface area contributed by atoms with Crippen LogP contribution in [0, 0.1) is 0 Å². The lowest BCUT2D eigenvalue weighted by Crippen LogP contribution is -2.39. The number of benzene rings is 2. The maximum atomic E-state index is 13.0. The minimum absolute atomic E-state index is 0.164. The summed E-state index contributed by atoms with van der Waals surface area (Å²) in [6.07, 6.45) is 1.86. The first-order chi connectivity index (χ1) is 14.3. The fourth-order valence-electron chi connectivity index (χ4n) is 3.62. The van der Waals surface area contributed by atoms with Gasteiger partial charge in [-0.05, 0) is 48.7 Å². The lowest BCUT2D eigenvalue weighted by molar-refractivity contribution is 0.529. The molecule has 0 aliphatic carbocycles. The van der Waals surface area contributed by atoms with Gasteiger partial charge in [0.1, 0.15) is 0 Å². The van der Waals surface area contributed by atoms with Crippen LogP contribution in [0.1, 0.15) is 24.1 Å². The molecule has 9 heteroatoms. The van der Waals surface area contributed by atoms with Gasteiger partial charge < -0.3 is 4.90 Å². The molecule has 4 nitrogen and oxygen atoms in total. The molecule has 1 fully saturated rings. The number of sulfone groups is 1. The van der Waals surface area contributed by atoms with Crippen molar-refractivity contribution in [3.8, 4) is 0 Å². The van der Waals surface area contributed by atoms with Crippen LogP contribution in [-0.4, -0.2) is 31.7 Å². The Kier molecular flexibility index (Phi) is 6.75. The third-order valence-corrected chi connectivity index (χ3v) is 9.59. The number of rotatable bonds is 5. The highest BCUT2D eigenvalue weighted by molar-refractivity contribution is 9.10. The molecule has 0 N–H and O–H groups in total. The summed E-state index contributed by atoms with van der Waals surface area (Å²) in [4.78, 5) is 7.11. The number of piperidine rings is 1. The Bertz CT molecular complexity index is 1160. The van der Waals surface area contributed by atoms with Gasteiger partial charge in [-0.2, -0.15) is 0 Å². The first kappa shape index (κ1) is 22.1. The van der Waals surface area contributed by atoms with Gasteiger partial charge in [-0.3, -0.25) is 0 Å². The van der Waals surface area contributed by atoms with E-state index in [9.17, 15) is 8.42 Å². The van der Waals surface area contributed by atoms with Crippen LogP contribution in [0.25, 0.3) is 0 Å². The molecule has 0 saturated carbocycles. The Morgan fingerprint density at radius 2 is 1.90 bits per heavy atom. The summed E-state index contributed by atoms with van der Waals surface area (Å²) in [5.41, 5.74) is 2.22. The van der Waals surface area contributed by atoms with Crippen LogP contribution in [-0.2, 0) is 16.3 Å². The molecule has 1 saturated heterocycles. The lowest BCUT2D eigenvalue weighted by Gasteiger charge is -2.31. The molecule has 0 atom stereocenters. The highest BCUT2D eigenvalue weighted by atomic mass is 79.9. The molecule has 158 valence electrons. The maximum absolute atomic E-state index is 13.0. The Hall–Kier alpha value is -1.12. The molecule has 3 aromatic rings. The van der Waals surface area contributed by atoms with E-state index >= 15 is 0 Å². The van der Waals surface area contributed by atoms with E-state index in [0.29, 0.717) is 31.0 Å². The van der Waals surface area contributed by atoms with E-state index in [1.165, 1.54) is 17.7 Å². The Balaban J connectivity index is 1.42. The van der Waals surface area contributed by atoms with Gasteiger partial charge in [0.15, 0.2) is 15.0 Å². The van der Waals surface area contributed by atoms with Crippen molar-refractivity contribution in [1.82, 2.24) is 4.98 Å². The van der Waals surface area contributed by atoms with Gasteiger partial charge in [-0.25, -0.2) is 13.4 Å². The van der Waals surface area contributed by atoms with Crippen LogP contribution in [0.3, 0.4) is 0 Å². The number of hydrogen-bond donors (Lipinski definition) is 0. The Morgan fingerprint density at radius 3 is 2.60 bits per heavy atom. The van der Waals surface area contributed by atoms with Gasteiger partial charge in [0.2, 0.25) is 0 Å². The quantitative estimate of drug-likeness (QED) is 0.380. The Morgan fingerprint density at radius 1 is 1.13 bits per heavy atom. The summed E-state index contributed by atoms with van der Waals surface area (Å²) >= 11 is 17.2. The normalized spacial score (nSPS) is 15.5. The monoisotopic (exact) mass is 544 g/mol. The molecule has 4 rings (SSSR count). The molecular weight excluding hydrogens is 527 g/mol. The van der Waals surface area contributed by atoms with Gasteiger partial charge in [0, 0.05) is 34.4 Å². The number of hydrogen-bond acceptors (Lipinski definition) is 5. The number of nitrogens with zero attached hydrogens (tertiary/aromatic N) is 2. The third kappa shape index (κ3) is 4.86. The predicted octanol–water partition coefficient (Wildman–Crippen LogP) is 6.25. The van der Waals surface area contributed by atoms with Gasteiger partial charge in [0.05, 0.1) is 20.9 Å². The molecule has 30 heavy (non-hydrogen) atoms. The second-order valence-corrected chi connectivity index (χ2v) is 12.0. The average molecular weight is 546 g/mol. The molecule has 2 heterocycles. The van der Waals surface area contributed by atoms with Crippen LogP contribution in [0.15, 0.2) is 57.2 Å². The smallest absolute Gasteiger partial charge is 0.185 e.